The van der Waals surface area contributed by atoms with Gasteiger partial charge in [-0.25, -0.2) is 4.79 Å². The van der Waals surface area contributed by atoms with E-state index >= 15 is 0 Å². The summed E-state index contributed by atoms with van der Waals surface area (Å²) in [4.78, 5) is 167. The van der Waals surface area contributed by atoms with Gasteiger partial charge in [-0.15, -0.1) is 0 Å². The first-order chi connectivity index (χ1) is 61.5. The topological polar surface area (TPSA) is 635 Å². The van der Waals surface area contributed by atoms with Crippen LogP contribution in [0.3, 0.4) is 0 Å². The van der Waals surface area contributed by atoms with E-state index in [0.717, 1.165) is 167 Å². The van der Waals surface area contributed by atoms with Gasteiger partial charge in [0.2, 0.25) is 0 Å². The van der Waals surface area contributed by atoms with E-state index < -0.39 is 314 Å². The Labute approximate surface area is 750 Å². The Kier molecular flexibility index (Phi) is 47.7. The first kappa shape index (κ1) is 111. The number of carbonyl (C=O) groups is 13. The summed E-state index contributed by atoms with van der Waals surface area (Å²) in [5.74, 6) is -14.0. The molecule has 6 saturated heterocycles. The molecule has 6 fully saturated rings. The molecule has 6 aliphatic heterocycles. The highest BCUT2D eigenvalue weighted by molar-refractivity contribution is 5.72. The predicted octanol–water partition coefficient (Wildman–Crippen LogP) is -0.744. The fraction of sp³-hybridized carbons (Fsp3) is 0.843. The van der Waals surface area contributed by atoms with Crippen LogP contribution < -0.4 is 0 Å². The van der Waals surface area contributed by atoms with Crippen molar-refractivity contribution in [3.05, 3.63) is 0 Å². The van der Waals surface area contributed by atoms with Gasteiger partial charge in [0.1, 0.15) is 131 Å². The quantitative estimate of drug-likeness (QED) is 0.0206. The van der Waals surface area contributed by atoms with Crippen LogP contribution in [0, 0.1) is 0 Å². The maximum Gasteiger partial charge on any atom is 0.334 e. The summed E-state index contributed by atoms with van der Waals surface area (Å²) in [7, 11) is 0. The van der Waals surface area contributed by atoms with Gasteiger partial charge in [0.25, 0.3) is 0 Å². The molecule has 47 nitrogen and oxygen atoms in total. The summed E-state index contributed by atoms with van der Waals surface area (Å²) in [5.41, 5.74) is 0. The van der Waals surface area contributed by atoms with Crippen LogP contribution in [0.25, 0.3) is 0 Å². The van der Waals surface area contributed by atoms with Gasteiger partial charge in [-0.05, 0) is 19.3 Å². The fourth-order valence-corrected chi connectivity index (χ4v) is 15.4. The number of unbranched alkanes of at least 4 members (excludes halogenated alkanes) is 13. The maximum absolute atomic E-state index is 13.9. The molecule has 0 bridgehead atoms. The first-order valence-electron chi connectivity index (χ1n) is 43.4. The number of aliphatic carboxylic acids is 1. The minimum Gasteiger partial charge on any atom is -0.479 e. The van der Waals surface area contributed by atoms with E-state index in [1.807, 2.05) is 6.92 Å². The summed E-state index contributed by atoms with van der Waals surface area (Å²) in [6.07, 6.45) is -50.9. The smallest absolute Gasteiger partial charge is 0.334 e. The number of hydrogen-bond acceptors (Lipinski definition) is 46. The summed E-state index contributed by atoms with van der Waals surface area (Å²) < 4.78 is 150. The Morgan fingerprint density at radius 2 is 0.585 bits per heavy atom. The lowest BCUT2D eigenvalue weighted by Crippen LogP contribution is -2.70. The molecule has 744 valence electrons. The number of carboxylic acid groups (broad SMARTS) is 1. The van der Waals surface area contributed by atoms with Gasteiger partial charge in [-0.1, -0.05) is 96.8 Å². The van der Waals surface area contributed by atoms with E-state index in [9.17, 15) is 103 Å². The van der Waals surface area contributed by atoms with Crippen molar-refractivity contribution >= 4 is 77.6 Å². The molecule has 0 aliphatic carbocycles. The predicted molar refractivity (Wildman–Crippen MR) is 425 cm³/mol. The van der Waals surface area contributed by atoms with Crippen molar-refractivity contribution in [3.8, 4) is 0 Å². The van der Waals surface area contributed by atoms with Gasteiger partial charge in [0.05, 0.1) is 19.3 Å². The molecule has 9 N–H and O–H groups in total. The third-order valence-electron chi connectivity index (χ3n) is 21.3. The van der Waals surface area contributed by atoms with Crippen LogP contribution in [0.4, 0.5) is 0 Å². The third kappa shape index (κ3) is 35.6. The van der Waals surface area contributed by atoms with Gasteiger partial charge < -0.3 is 164 Å². The highest BCUT2D eigenvalue weighted by atomic mass is 16.8. The van der Waals surface area contributed by atoms with E-state index in [-0.39, 0.29) is 6.61 Å². The van der Waals surface area contributed by atoms with Gasteiger partial charge in [-0.2, -0.15) is 0 Å². The second-order valence-electron chi connectivity index (χ2n) is 32.1. The third-order valence-corrected chi connectivity index (χ3v) is 21.3. The Morgan fingerprint density at radius 1 is 0.285 bits per heavy atom. The maximum atomic E-state index is 13.9. The average Bonchev–Trinajstić information content (AvgIpc) is 0.756. The summed E-state index contributed by atoms with van der Waals surface area (Å²) in [6.45, 7) is 7.73. The minimum absolute atomic E-state index is 0.254. The average molecular weight is 1880 g/mol. The van der Waals surface area contributed by atoms with Crippen LogP contribution in [0.1, 0.15) is 199 Å². The number of carbonyl (C=O) groups excluding carboxylic acids is 12. The van der Waals surface area contributed by atoms with Crippen molar-refractivity contribution in [1.29, 1.82) is 0 Å². The minimum atomic E-state index is -2.44. The fourth-order valence-electron chi connectivity index (χ4n) is 15.4. The number of aliphatic hydroxyl groups is 8. The number of ether oxygens (including phenoxy) is 25. The van der Waals surface area contributed by atoms with E-state index in [1.165, 1.54) is 0 Å². The number of carboxylic acids is 1. The lowest BCUT2D eigenvalue weighted by atomic mass is 9.94. The zero-order chi connectivity index (χ0) is 96.3. The van der Waals surface area contributed by atoms with Crippen molar-refractivity contribution in [3.63, 3.8) is 0 Å². The SMILES string of the molecule is CCC[C@H](CCCCCCCCCCCCCCCCOC[C@@H](O)C(=O)O)O[C@@H]1O[C@H](CO)[C@@H](O[C@@H]2O[C@H](COC(C)=O)[C@@H](O[C@@H]3O[C@H](COC(C)=O)[C@@H](OC(C)=O)[C@H](OC(C)=O)[C@H]3O[C@@H]3O[C@H](COC(C)=O)[C@@H](O)[C@H](O)[C@H]3O[C@@H]3O[C@H](COC(C)=O)[C@@H](O)[C@H](O)[C@H]3O)C(OC(C)=O)[C@H]2OC(C)=O)[C@H](O)[C@H]1O[C@@H]1O[C@H](COC(C)=O)[C@@H](OC(C)=O)[C@H](OC(C)=O)[C@H]1OC(C)=O. The van der Waals surface area contributed by atoms with Crippen LogP contribution in [0.2, 0.25) is 0 Å². The Bertz CT molecular complexity index is 3570. The van der Waals surface area contributed by atoms with E-state index in [0.29, 0.717) is 32.3 Å². The molecule has 0 aromatic carbocycles. The Balaban J connectivity index is 1.44. The molecule has 130 heavy (non-hydrogen) atoms. The summed E-state index contributed by atoms with van der Waals surface area (Å²) in [5, 5.41) is 100. The summed E-state index contributed by atoms with van der Waals surface area (Å²) >= 11 is 0. The molecule has 0 radical (unpaired) electrons. The van der Waals surface area contributed by atoms with Crippen LogP contribution in [0.15, 0.2) is 0 Å². The molecule has 47 heteroatoms. The molecule has 6 rings (SSSR count). The molecular formula is C83H130O47. The molecule has 32 atom stereocenters. The van der Waals surface area contributed by atoms with Crippen molar-refractivity contribution in [2.75, 3.05) is 52.9 Å². The van der Waals surface area contributed by atoms with Crippen molar-refractivity contribution < 1.29 is 227 Å². The van der Waals surface area contributed by atoms with Gasteiger partial charge >= 0.3 is 77.6 Å². The zero-order valence-electron chi connectivity index (χ0n) is 75.2. The van der Waals surface area contributed by atoms with E-state index in [4.69, 9.17) is 124 Å². The van der Waals surface area contributed by atoms with Crippen LogP contribution >= 0.6 is 0 Å². The Morgan fingerprint density at radius 3 is 0.992 bits per heavy atom. The summed E-state index contributed by atoms with van der Waals surface area (Å²) in [6, 6.07) is 0. The van der Waals surface area contributed by atoms with Gasteiger partial charge in [0.15, 0.2) is 92.7 Å². The molecule has 0 amide bonds. The van der Waals surface area contributed by atoms with Gasteiger partial charge in [-0.3, -0.25) is 57.5 Å². The first-order valence-corrected chi connectivity index (χ1v) is 43.4. The van der Waals surface area contributed by atoms with Gasteiger partial charge in [0, 0.05) is 89.7 Å². The number of hydrogen-bond donors (Lipinski definition) is 9. The number of esters is 12. The number of aliphatic hydroxyl groups excluding tert-OH is 8. The van der Waals surface area contributed by atoms with Crippen LogP contribution in [-0.2, 0) is 181 Å². The second kappa shape index (κ2) is 55.8. The molecule has 6 heterocycles. The zero-order valence-corrected chi connectivity index (χ0v) is 75.2. The molecule has 0 saturated carbocycles. The molecule has 0 aromatic rings. The second-order valence-corrected chi connectivity index (χ2v) is 32.1. The highest BCUT2D eigenvalue weighted by Gasteiger charge is 2.63. The van der Waals surface area contributed by atoms with Crippen molar-refractivity contribution in [1.82, 2.24) is 0 Å². The van der Waals surface area contributed by atoms with Crippen molar-refractivity contribution in [2.45, 2.75) is 396 Å². The van der Waals surface area contributed by atoms with E-state index in [2.05, 4.69) is 0 Å². The normalized spacial score (nSPS) is 33.1. The molecule has 1 unspecified atom stereocenters. The monoisotopic (exact) mass is 1880 g/mol. The largest absolute Gasteiger partial charge is 0.479 e. The molecule has 0 spiro atoms. The Hall–Kier alpha value is -7.73. The number of rotatable bonds is 52. The highest BCUT2D eigenvalue weighted by Crippen LogP contribution is 2.42. The molecule has 0 aromatic heterocycles. The van der Waals surface area contributed by atoms with E-state index in [1.54, 1.807) is 0 Å². The lowest BCUT2D eigenvalue weighted by Gasteiger charge is -2.52. The lowest BCUT2D eigenvalue weighted by molar-refractivity contribution is -0.409. The standard InChI is InChI=1S/C83H130O47/c1-14-29-51(30-27-25-23-21-19-17-15-16-18-20-22-24-26-28-31-106-33-52(97)77(104)105)119-79-70(129-82-74(117-49(12)95)71(114-46(9)92)66(112-44(7)90)56(123-82)36-109-41(4)87)64(103)65(53(32-84)120-79)126-81-75(118-50(13)96)73(116-48(11)94)68(58(125-81)38-111-43(6)89)127-83-76(72(115-47(10)93)67(113-45(8)91)57(124-83)37-110-42(5)88)130-80-69(62(101)60(99)55(122-80)35-108-40(3)86)128-78-63(102)61(100)59(98)54(121-78)34-107-39(2)85/h51-76,78-84,97-103H,14-38H2,1-13H3,(H,104,105)/t51-,52-,53-,54-,55-,56-,57-,58-,59-,60-,61+,62+,63-,64+,65-,66-,67-,68-,69-,70-,71+,72+,73?,74-,75-,76-,78+,79-,80+,81+,82+,83+/m1/s1. The van der Waals surface area contributed by atoms with Crippen LogP contribution in [-0.4, -0.2) is 373 Å². The van der Waals surface area contributed by atoms with Crippen LogP contribution in [0.5, 0.6) is 0 Å². The van der Waals surface area contributed by atoms with Crippen molar-refractivity contribution in [2.24, 2.45) is 0 Å². The molecular weight excluding hydrogens is 1750 g/mol. The molecule has 6 aliphatic rings.